The number of halogens is 4. The second kappa shape index (κ2) is 7.89. The van der Waals surface area contributed by atoms with Gasteiger partial charge in [-0.1, -0.05) is 11.6 Å². The molecule has 5 nitrogen and oxygen atoms in total. The molecule has 0 unspecified atom stereocenters. The number of aromatic nitrogens is 1. The van der Waals surface area contributed by atoms with Gasteiger partial charge in [-0.05, 0) is 36.4 Å². The molecule has 1 aliphatic rings. The van der Waals surface area contributed by atoms with Crippen molar-refractivity contribution in [3.63, 3.8) is 0 Å². The number of rotatable bonds is 4. The van der Waals surface area contributed by atoms with Crippen molar-refractivity contribution in [3.8, 4) is 28.8 Å². The smallest absolute Gasteiger partial charge is 0.418 e. The van der Waals surface area contributed by atoms with Crippen molar-refractivity contribution in [3.05, 3.63) is 63.6 Å². The molecular formula is C20H11ClF3N3O2S. The molecule has 0 saturated carbocycles. The lowest BCUT2D eigenvalue weighted by Crippen LogP contribution is -2.08. The van der Waals surface area contributed by atoms with Crippen molar-refractivity contribution in [2.75, 3.05) is 12.1 Å². The van der Waals surface area contributed by atoms with Gasteiger partial charge in [-0.15, -0.1) is 11.3 Å². The highest BCUT2D eigenvalue weighted by Crippen LogP contribution is 2.38. The average molecular weight is 450 g/mol. The largest absolute Gasteiger partial charge is 0.454 e. The molecule has 10 heteroatoms. The van der Waals surface area contributed by atoms with Crippen molar-refractivity contribution >= 4 is 34.2 Å². The van der Waals surface area contributed by atoms with E-state index in [1.165, 1.54) is 29.7 Å². The molecule has 1 aliphatic heterocycles. The molecule has 30 heavy (non-hydrogen) atoms. The van der Waals surface area contributed by atoms with Crippen LogP contribution in [-0.2, 0) is 6.18 Å². The van der Waals surface area contributed by atoms with Crippen LogP contribution in [0.15, 0.2) is 48.0 Å². The zero-order valence-corrected chi connectivity index (χ0v) is 16.5. The Kier molecular flexibility index (Phi) is 5.28. The maximum absolute atomic E-state index is 13.2. The third-order valence-corrected chi connectivity index (χ3v) is 5.29. The van der Waals surface area contributed by atoms with E-state index >= 15 is 0 Å². The predicted octanol–water partition coefficient (Wildman–Crippen LogP) is 6.19. The minimum atomic E-state index is -4.60. The fourth-order valence-corrected chi connectivity index (χ4v) is 3.72. The molecule has 3 aromatic rings. The maximum atomic E-state index is 13.2. The molecule has 0 aliphatic carbocycles. The van der Waals surface area contributed by atoms with Crippen LogP contribution in [-0.4, -0.2) is 11.8 Å². The van der Waals surface area contributed by atoms with Crippen LogP contribution in [0.3, 0.4) is 0 Å². The number of nitriles is 1. The molecule has 0 bridgehead atoms. The van der Waals surface area contributed by atoms with Crippen LogP contribution in [0.25, 0.3) is 16.8 Å². The molecule has 2 aromatic carbocycles. The van der Waals surface area contributed by atoms with Gasteiger partial charge in [0.15, 0.2) is 11.5 Å². The summed E-state index contributed by atoms with van der Waals surface area (Å²) in [4.78, 5) is 4.42. The van der Waals surface area contributed by atoms with E-state index in [2.05, 4.69) is 10.3 Å². The number of hydrogen-bond donors (Lipinski definition) is 1. The molecule has 0 radical (unpaired) electrons. The fourth-order valence-electron chi connectivity index (χ4n) is 2.75. The first-order valence-corrected chi connectivity index (χ1v) is 9.70. The molecule has 1 aromatic heterocycles. The van der Waals surface area contributed by atoms with Gasteiger partial charge < -0.3 is 14.8 Å². The summed E-state index contributed by atoms with van der Waals surface area (Å²) in [6.45, 7) is 0.151. The Morgan fingerprint density at radius 3 is 2.77 bits per heavy atom. The highest BCUT2D eigenvalue weighted by atomic mass is 35.5. The van der Waals surface area contributed by atoms with E-state index < -0.39 is 11.7 Å². The van der Waals surface area contributed by atoms with Gasteiger partial charge in [0.2, 0.25) is 6.79 Å². The summed E-state index contributed by atoms with van der Waals surface area (Å²) in [5.41, 5.74) is 0.326. The third-order valence-electron chi connectivity index (χ3n) is 4.18. The lowest BCUT2D eigenvalue weighted by Gasteiger charge is -2.13. The number of alkyl halides is 3. The van der Waals surface area contributed by atoms with Crippen LogP contribution >= 0.6 is 22.9 Å². The van der Waals surface area contributed by atoms with Crippen molar-refractivity contribution in [1.82, 2.24) is 4.98 Å². The monoisotopic (exact) mass is 449 g/mol. The van der Waals surface area contributed by atoms with E-state index in [0.717, 1.165) is 11.6 Å². The molecule has 0 spiro atoms. The van der Waals surface area contributed by atoms with Crippen LogP contribution < -0.4 is 14.8 Å². The number of benzene rings is 2. The van der Waals surface area contributed by atoms with Gasteiger partial charge in [-0.2, -0.15) is 18.4 Å². The summed E-state index contributed by atoms with van der Waals surface area (Å²) in [5, 5.41) is 14.1. The summed E-state index contributed by atoms with van der Waals surface area (Å²) in [6.07, 6.45) is -3.40. The zero-order valence-electron chi connectivity index (χ0n) is 15.0. The summed E-state index contributed by atoms with van der Waals surface area (Å²) in [5.74, 6) is 1.24. The quantitative estimate of drug-likeness (QED) is 0.481. The number of ether oxygens (including phenoxy) is 2. The lowest BCUT2D eigenvalue weighted by atomic mass is 10.1. The molecular weight excluding hydrogens is 439 g/mol. The number of anilines is 1. The van der Waals surface area contributed by atoms with Gasteiger partial charge in [0.25, 0.3) is 0 Å². The zero-order chi connectivity index (χ0) is 21.3. The second-order valence-corrected chi connectivity index (χ2v) is 7.40. The minimum absolute atomic E-state index is 0.0364. The van der Waals surface area contributed by atoms with Crippen LogP contribution in [0.5, 0.6) is 11.5 Å². The third kappa shape index (κ3) is 4.06. The molecule has 0 atom stereocenters. The summed E-state index contributed by atoms with van der Waals surface area (Å²) < 4.78 is 50.3. The van der Waals surface area contributed by atoms with Crippen LogP contribution in [0, 0.1) is 11.3 Å². The van der Waals surface area contributed by atoms with E-state index in [0.29, 0.717) is 22.2 Å². The van der Waals surface area contributed by atoms with Gasteiger partial charge in [0.1, 0.15) is 16.6 Å². The van der Waals surface area contributed by atoms with Crippen LogP contribution in [0.4, 0.5) is 18.9 Å². The normalized spacial score (nSPS) is 13.2. The standard InChI is InChI=1S/C20H11ClF3N3O2S/c21-13-2-3-15(14(6-13)20(22,23)24)26-8-12(7-25)19-27-16(9-30-19)11-1-4-17-18(5-11)29-10-28-17/h1-6,8-9,26H,10H2. The first-order chi connectivity index (χ1) is 14.3. The summed E-state index contributed by atoms with van der Waals surface area (Å²) >= 11 is 6.88. The minimum Gasteiger partial charge on any atom is -0.454 e. The van der Waals surface area contributed by atoms with Gasteiger partial charge in [-0.25, -0.2) is 4.98 Å². The molecule has 2 heterocycles. The number of fused-ring (bicyclic) bond motifs is 1. The van der Waals surface area contributed by atoms with Crippen molar-refractivity contribution in [1.29, 1.82) is 5.26 Å². The fraction of sp³-hybridized carbons (Fsp3) is 0.100. The summed E-state index contributed by atoms with van der Waals surface area (Å²) in [6, 6.07) is 10.7. The SMILES string of the molecule is N#CC(=CNc1ccc(Cl)cc1C(F)(F)F)c1nc(-c2ccc3c(c2)OCO3)cs1. The van der Waals surface area contributed by atoms with E-state index in [1.807, 2.05) is 12.1 Å². The second-order valence-electron chi connectivity index (χ2n) is 6.11. The van der Waals surface area contributed by atoms with E-state index in [9.17, 15) is 18.4 Å². The van der Waals surface area contributed by atoms with Crippen molar-refractivity contribution < 1.29 is 22.6 Å². The number of thiazole rings is 1. The van der Waals surface area contributed by atoms with Gasteiger partial charge in [-0.3, -0.25) is 0 Å². The number of allylic oxidation sites excluding steroid dienone is 1. The Labute approximate surface area is 178 Å². The first-order valence-electron chi connectivity index (χ1n) is 8.44. The first kappa shape index (κ1) is 20.1. The Morgan fingerprint density at radius 2 is 2.00 bits per heavy atom. The Balaban J connectivity index is 1.60. The van der Waals surface area contributed by atoms with Gasteiger partial charge in [0, 0.05) is 22.2 Å². The Morgan fingerprint density at radius 1 is 1.20 bits per heavy atom. The molecule has 1 N–H and O–H groups in total. The topological polar surface area (TPSA) is 67.2 Å². The highest BCUT2D eigenvalue weighted by Gasteiger charge is 2.33. The Hall–Kier alpha value is -3.22. The summed E-state index contributed by atoms with van der Waals surface area (Å²) in [7, 11) is 0. The van der Waals surface area contributed by atoms with Crippen molar-refractivity contribution in [2.45, 2.75) is 6.18 Å². The molecule has 0 amide bonds. The van der Waals surface area contributed by atoms with E-state index in [4.69, 9.17) is 21.1 Å². The molecule has 4 rings (SSSR count). The van der Waals surface area contributed by atoms with Gasteiger partial charge in [0.05, 0.1) is 16.9 Å². The lowest BCUT2D eigenvalue weighted by molar-refractivity contribution is -0.136. The maximum Gasteiger partial charge on any atom is 0.418 e. The molecule has 0 fully saturated rings. The molecule has 152 valence electrons. The Bertz CT molecular complexity index is 1180. The number of nitrogens with one attached hydrogen (secondary N) is 1. The van der Waals surface area contributed by atoms with E-state index in [-0.39, 0.29) is 23.1 Å². The molecule has 0 saturated heterocycles. The number of nitrogens with zero attached hydrogens (tertiary/aromatic N) is 2. The van der Waals surface area contributed by atoms with Crippen LogP contribution in [0.1, 0.15) is 10.6 Å². The highest BCUT2D eigenvalue weighted by molar-refractivity contribution is 7.11. The van der Waals surface area contributed by atoms with Crippen molar-refractivity contribution in [2.24, 2.45) is 0 Å². The van der Waals surface area contributed by atoms with Gasteiger partial charge >= 0.3 is 6.18 Å². The average Bonchev–Trinajstić information content (AvgIpc) is 3.37. The predicted molar refractivity (Wildman–Crippen MR) is 107 cm³/mol. The van der Waals surface area contributed by atoms with E-state index in [1.54, 1.807) is 17.5 Å². The number of hydrogen-bond acceptors (Lipinski definition) is 6. The van der Waals surface area contributed by atoms with Crippen LogP contribution in [0.2, 0.25) is 5.02 Å².